The molecule has 0 unspecified atom stereocenters. The molecule has 0 aliphatic heterocycles. The minimum atomic E-state index is 0.555. The molecule has 7 heteroatoms. The van der Waals surface area contributed by atoms with Crippen molar-refractivity contribution in [1.82, 2.24) is 25.1 Å². The Morgan fingerprint density at radius 2 is 1.68 bits per heavy atom. The summed E-state index contributed by atoms with van der Waals surface area (Å²) in [6.45, 7) is 10.7. The van der Waals surface area contributed by atoms with Gasteiger partial charge in [-0.05, 0) is 38.0 Å². The molecule has 0 bridgehead atoms. The standard InChI is InChI=1S/C10H9N3O.C9H14N2O.C2H6/c1-8-2-3-13-10(4-8)14-9-5-11-7-12-6-9;1-3-4-7-12-9-6-5-8(2)10-11-9;1-2/h2-7H,1H3;5-6H,3-4,7H2,1-2H3;1-2H3. The summed E-state index contributed by atoms with van der Waals surface area (Å²) in [7, 11) is 0. The second-order valence-corrected chi connectivity index (χ2v) is 5.56. The topological polar surface area (TPSA) is 82.9 Å². The first-order valence-electron chi connectivity index (χ1n) is 9.46. The van der Waals surface area contributed by atoms with Gasteiger partial charge in [-0.3, -0.25) is 0 Å². The van der Waals surface area contributed by atoms with Gasteiger partial charge in [0, 0.05) is 18.3 Å². The molecule has 3 aromatic rings. The summed E-state index contributed by atoms with van der Waals surface area (Å²) in [4.78, 5) is 11.7. The van der Waals surface area contributed by atoms with E-state index in [1.807, 2.05) is 52.0 Å². The summed E-state index contributed by atoms with van der Waals surface area (Å²) in [6.07, 6.45) is 8.55. The van der Waals surface area contributed by atoms with Crippen LogP contribution in [0.5, 0.6) is 17.5 Å². The fourth-order valence-corrected chi connectivity index (χ4v) is 1.81. The second kappa shape index (κ2) is 14.0. The highest BCUT2D eigenvalue weighted by molar-refractivity contribution is 5.24. The molecule has 0 radical (unpaired) electrons. The van der Waals surface area contributed by atoms with Crippen molar-refractivity contribution in [2.45, 2.75) is 47.5 Å². The Kier molecular flexibility index (Phi) is 11.5. The van der Waals surface area contributed by atoms with Gasteiger partial charge in [-0.25, -0.2) is 15.0 Å². The molecule has 0 spiro atoms. The zero-order valence-electron chi connectivity index (χ0n) is 17.3. The SMILES string of the molecule is CC.CCCCOc1ccc(C)nn1.Cc1ccnc(Oc2cncnc2)c1. The van der Waals surface area contributed by atoms with Crippen LogP contribution in [0.4, 0.5) is 0 Å². The van der Waals surface area contributed by atoms with Crippen LogP contribution in [0.25, 0.3) is 0 Å². The van der Waals surface area contributed by atoms with E-state index in [0.717, 1.165) is 30.7 Å². The molecule has 0 atom stereocenters. The van der Waals surface area contributed by atoms with Gasteiger partial charge < -0.3 is 9.47 Å². The van der Waals surface area contributed by atoms with E-state index >= 15 is 0 Å². The molecular weight excluding hydrogens is 354 g/mol. The third-order valence-corrected chi connectivity index (χ3v) is 3.17. The lowest BCUT2D eigenvalue weighted by Gasteiger charge is -2.02. The maximum Gasteiger partial charge on any atom is 0.233 e. The highest BCUT2D eigenvalue weighted by Gasteiger charge is 1.98. The number of nitrogens with zero attached hydrogens (tertiary/aromatic N) is 5. The van der Waals surface area contributed by atoms with Crippen molar-refractivity contribution in [1.29, 1.82) is 0 Å². The quantitative estimate of drug-likeness (QED) is 0.556. The summed E-state index contributed by atoms with van der Waals surface area (Å²) >= 11 is 0. The summed E-state index contributed by atoms with van der Waals surface area (Å²) in [5.41, 5.74) is 2.02. The van der Waals surface area contributed by atoms with E-state index in [9.17, 15) is 0 Å². The van der Waals surface area contributed by atoms with Gasteiger partial charge in [0.2, 0.25) is 11.8 Å². The van der Waals surface area contributed by atoms with Crippen molar-refractivity contribution in [2.75, 3.05) is 6.61 Å². The van der Waals surface area contributed by atoms with E-state index in [1.54, 1.807) is 18.6 Å². The zero-order valence-corrected chi connectivity index (χ0v) is 17.3. The minimum Gasteiger partial charge on any atom is -0.477 e. The average molecular weight is 383 g/mol. The lowest BCUT2D eigenvalue weighted by atomic mass is 10.3. The van der Waals surface area contributed by atoms with Gasteiger partial charge in [0.05, 0.1) is 24.7 Å². The third-order valence-electron chi connectivity index (χ3n) is 3.17. The van der Waals surface area contributed by atoms with Crippen LogP contribution in [0, 0.1) is 13.8 Å². The highest BCUT2D eigenvalue weighted by atomic mass is 16.5. The first-order valence-corrected chi connectivity index (χ1v) is 9.46. The van der Waals surface area contributed by atoms with Crippen LogP contribution in [0.2, 0.25) is 0 Å². The first kappa shape index (κ1) is 23.0. The molecule has 0 saturated carbocycles. The van der Waals surface area contributed by atoms with Gasteiger partial charge in [-0.1, -0.05) is 27.2 Å². The van der Waals surface area contributed by atoms with Crippen molar-refractivity contribution < 1.29 is 9.47 Å². The lowest BCUT2D eigenvalue weighted by Crippen LogP contribution is -1.99. The van der Waals surface area contributed by atoms with E-state index in [2.05, 4.69) is 32.1 Å². The maximum atomic E-state index is 5.42. The largest absolute Gasteiger partial charge is 0.477 e. The molecule has 3 heterocycles. The van der Waals surface area contributed by atoms with Crippen molar-refractivity contribution in [3.05, 3.63) is 60.4 Å². The van der Waals surface area contributed by atoms with Gasteiger partial charge in [0.1, 0.15) is 6.33 Å². The van der Waals surface area contributed by atoms with Crippen molar-refractivity contribution in [3.8, 4) is 17.5 Å². The third kappa shape index (κ3) is 9.56. The normalized spacial score (nSPS) is 9.32. The molecule has 150 valence electrons. The number of aryl methyl sites for hydroxylation is 2. The van der Waals surface area contributed by atoms with Crippen LogP contribution in [-0.2, 0) is 0 Å². The number of ether oxygens (including phenoxy) is 2. The van der Waals surface area contributed by atoms with E-state index in [0.29, 0.717) is 17.5 Å². The Labute approximate surface area is 167 Å². The molecule has 7 nitrogen and oxygen atoms in total. The van der Waals surface area contributed by atoms with Gasteiger partial charge in [-0.15, -0.1) is 5.10 Å². The predicted octanol–water partition coefficient (Wildman–Crippen LogP) is 4.96. The molecule has 0 fully saturated rings. The number of aromatic nitrogens is 5. The van der Waals surface area contributed by atoms with Crippen molar-refractivity contribution in [3.63, 3.8) is 0 Å². The summed E-state index contributed by atoms with van der Waals surface area (Å²) in [5.74, 6) is 1.76. The van der Waals surface area contributed by atoms with Crippen LogP contribution in [0.15, 0.2) is 49.2 Å². The Morgan fingerprint density at radius 1 is 0.929 bits per heavy atom. The fourth-order valence-electron chi connectivity index (χ4n) is 1.81. The summed E-state index contributed by atoms with van der Waals surface area (Å²) in [5, 5.41) is 7.76. The van der Waals surface area contributed by atoms with Crippen LogP contribution >= 0.6 is 0 Å². The van der Waals surface area contributed by atoms with E-state index < -0.39 is 0 Å². The fraction of sp³-hybridized carbons (Fsp3) is 0.381. The Morgan fingerprint density at radius 3 is 2.29 bits per heavy atom. The van der Waals surface area contributed by atoms with E-state index in [-0.39, 0.29) is 0 Å². The van der Waals surface area contributed by atoms with Gasteiger partial charge in [0.15, 0.2) is 5.75 Å². The molecule has 0 aliphatic rings. The Balaban J connectivity index is 0.000000260. The molecule has 3 rings (SSSR count). The monoisotopic (exact) mass is 383 g/mol. The number of hydrogen-bond acceptors (Lipinski definition) is 7. The minimum absolute atomic E-state index is 0.555. The molecule has 0 aromatic carbocycles. The first-order chi connectivity index (χ1) is 13.7. The molecule has 0 amide bonds. The zero-order chi connectivity index (χ0) is 20.6. The molecule has 0 aliphatic carbocycles. The van der Waals surface area contributed by atoms with Crippen LogP contribution in [-0.4, -0.2) is 31.8 Å². The summed E-state index contributed by atoms with van der Waals surface area (Å²) < 4.78 is 10.8. The van der Waals surface area contributed by atoms with Gasteiger partial charge in [0.25, 0.3) is 0 Å². The van der Waals surface area contributed by atoms with Crippen LogP contribution in [0.3, 0.4) is 0 Å². The predicted molar refractivity (Wildman–Crippen MR) is 110 cm³/mol. The molecule has 0 N–H and O–H groups in total. The molecule has 28 heavy (non-hydrogen) atoms. The smallest absolute Gasteiger partial charge is 0.233 e. The molecular formula is C21H29N5O2. The maximum absolute atomic E-state index is 5.42. The van der Waals surface area contributed by atoms with Crippen molar-refractivity contribution >= 4 is 0 Å². The van der Waals surface area contributed by atoms with E-state index in [1.165, 1.54) is 6.33 Å². The lowest BCUT2D eigenvalue weighted by molar-refractivity contribution is 0.294. The average Bonchev–Trinajstić information content (AvgIpc) is 2.73. The highest BCUT2D eigenvalue weighted by Crippen LogP contribution is 2.17. The number of unbranched alkanes of at least 4 members (excludes halogenated alkanes) is 1. The number of rotatable bonds is 6. The number of pyridine rings is 1. The van der Waals surface area contributed by atoms with Gasteiger partial charge >= 0.3 is 0 Å². The van der Waals surface area contributed by atoms with Crippen LogP contribution in [0.1, 0.15) is 44.9 Å². The second-order valence-electron chi connectivity index (χ2n) is 5.56. The summed E-state index contributed by atoms with van der Waals surface area (Å²) in [6, 6.07) is 7.51. The van der Waals surface area contributed by atoms with Crippen molar-refractivity contribution in [2.24, 2.45) is 0 Å². The van der Waals surface area contributed by atoms with Crippen LogP contribution < -0.4 is 9.47 Å². The number of hydrogen-bond donors (Lipinski definition) is 0. The Bertz CT molecular complexity index is 767. The molecule has 0 saturated heterocycles. The van der Waals surface area contributed by atoms with Gasteiger partial charge in [-0.2, -0.15) is 5.10 Å². The molecule has 3 aromatic heterocycles. The Hall–Kier alpha value is -3.09. The van der Waals surface area contributed by atoms with E-state index in [4.69, 9.17) is 9.47 Å².